The minimum Gasteiger partial charge on any atom is -0.264 e. The lowest BCUT2D eigenvalue weighted by atomic mass is 9.96. The zero-order chi connectivity index (χ0) is 39.1. The summed E-state index contributed by atoms with van der Waals surface area (Å²) in [5, 5.41) is 3.53. The van der Waals surface area contributed by atoms with Crippen LogP contribution in [0.5, 0.6) is 0 Å². The number of nitrogens with zero attached hydrogens (tertiary/aromatic N) is 5. The highest BCUT2D eigenvalue weighted by molar-refractivity contribution is 7.26. The molecular formula is C53H33N5S. The molecule has 0 saturated carbocycles. The number of fused-ring (bicyclic) bond motifs is 5. The van der Waals surface area contributed by atoms with Crippen LogP contribution >= 0.6 is 11.3 Å². The molecule has 4 aromatic heterocycles. The first-order valence-electron chi connectivity index (χ1n) is 19.6. The Morgan fingerprint density at radius 3 is 1.49 bits per heavy atom. The summed E-state index contributed by atoms with van der Waals surface area (Å²) in [7, 11) is 0. The Hall–Kier alpha value is -7.67. The second-order valence-electron chi connectivity index (χ2n) is 14.5. The maximum absolute atomic E-state index is 5.23. The van der Waals surface area contributed by atoms with E-state index in [9.17, 15) is 0 Å². The molecule has 0 amide bonds. The molecule has 276 valence electrons. The van der Waals surface area contributed by atoms with Crippen LogP contribution in [0.2, 0.25) is 0 Å². The van der Waals surface area contributed by atoms with E-state index in [1.165, 1.54) is 25.7 Å². The van der Waals surface area contributed by atoms with Crippen molar-refractivity contribution >= 4 is 42.4 Å². The third-order valence-electron chi connectivity index (χ3n) is 10.8. The molecule has 0 saturated heterocycles. The molecule has 0 bridgehead atoms. The van der Waals surface area contributed by atoms with Crippen molar-refractivity contribution in [3.63, 3.8) is 0 Å². The first kappa shape index (κ1) is 34.6. The van der Waals surface area contributed by atoms with Gasteiger partial charge in [-0.15, -0.1) is 11.3 Å². The topological polar surface area (TPSA) is 64.5 Å². The van der Waals surface area contributed by atoms with E-state index in [0.717, 1.165) is 66.7 Å². The van der Waals surface area contributed by atoms with Crippen molar-refractivity contribution in [2.75, 3.05) is 0 Å². The molecule has 0 N–H and O–H groups in total. The number of pyridine rings is 2. The van der Waals surface area contributed by atoms with Gasteiger partial charge in [-0.05, 0) is 63.7 Å². The summed E-state index contributed by atoms with van der Waals surface area (Å²) in [6, 6.07) is 65.5. The highest BCUT2D eigenvalue weighted by Gasteiger charge is 2.17. The van der Waals surface area contributed by atoms with Crippen LogP contribution in [0.1, 0.15) is 0 Å². The van der Waals surface area contributed by atoms with Crippen LogP contribution in [-0.4, -0.2) is 24.9 Å². The summed E-state index contributed by atoms with van der Waals surface area (Å²) in [5.74, 6) is 1.89. The minimum atomic E-state index is 0.623. The van der Waals surface area contributed by atoms with Gasteiger partial charge in [0.05, 0.1) is 15.9 Å². The average Bonchev–Trinajstić information content (AvgIpc) is 3.72. The van der Waals surface area contributed by atoms with E-state index in [4.69, 9.17) is 19.9 Å². The van der Waals surface area contributed by atoms with Crippen LogP contribution in [0.3, 0.4) is 0 Å². The van der Waals surface area contributed by atoms with Crippen LogP contribution < -0.4 is 0 Å². The van der Waals surface area contributed by atoms with E-state index in [2.05, 4.69) is 151 Å². The highest BCUT2D eigenvalue weighted by Crippen LogP contribution is 2.43. The second kappa shape index (κ2) is 14.7. The molecule has 59 heavy (non-hydrogen) atoms. The van der Waals surface area contributed by atoms with E-state index < -0.39 is 0 Å². The van der Waals surface area contributed by atoms with E-state index >= 15 is 0 Å². The monoisotopic (exact) mass is 771 g/mol. The van der Waals surface area contributed by atoms with Gasteiger partial charge in [-0.1, -0.05) is 158 Å². The van der Waals surface area contributed by atoms with Crippen molar-refractivity contribution in [2.24, 2.45) is 0 Å². The zero-order valence-electron chi connectivity index (χ0n) is 31.7. The molecule has 6 heteroatoms. The Bertz CT molecular complexity index is 3320. The summed E-state index contributed by atoms with van der Waals surface area (Å²) in [6.07, 6.45) is 3.76. The van der Waals surface area contributed by atoms with Gasteiger partial charge in [-0.25, -0.2) is 19.9 Å². The number of hydrogen-bond acceptors (Lipinski definition) is 6. The smallest absolute Gasteiger partial charge is 0.164 e. The lowest BCUT2D eigenvalue weighted by Crippen LogP contribution is -2.00. The maximum atomic E-state index is 5.23. The third-order valence-corrected chi connectivity index (χ3v) is 12.0. The molecule has 7 aromatic carbocycles. The third kappa shape index (κ3) is 6.52. The van der Waals surface area contributed by atoms with Crippen LogP contribution in [0.15, 0.2) is 200 Å². The van der Waals surface area contributed by atoms with Crippen LogP contribution in [-0.2, 0) is 0 Å². The van der Waals surface area contributed by atoms with Crippen molar-refractivity contribution < 1.29 is 0 Å². The first-order valence-corrected chi connectivity index (χ1v) is 20.4. The summed E-state index contributed by atoms with van der Waals surface area (Å²) < 4.78 is 2.42. The summed E-state index contributed by atoms with van der Waals surface area (Å²) in [6.45, 7) is 0. The summed E-state index contributed by atoms with van der Waals surface area (Å²) in [4.78, 5) is 24.7. The maximum Gasteiger partial charge on any atom is 0.164 e. The van der Waals surface area contributed by atoms with Crippen molar-refractivity contribution in [1.29, 1.82) is 0 Å². The van der Waals surface area contributed by atoms with Gasteiger partial charge < -0.3 is 0 Å². The van der Waals surface area contributed by atoms with Gasteiger partial charge in [0.2, 0.25) is 0 Å². The van der Waals surface area contributed by atoms with Gasteiger partial charge in [0.1, 0.15) is 0 Å². The number of rotatable bonds is 7. The second-order valence-corrected chi connectivity index (χ2v) is 15.6. The zero-order valence-corrected chi connectivity index (χ0v) is 32.5. The Morgan fingerprint density at radius 2 is 0.814 bits per heavy atom. The predicted octanol–water partition coefficient (Wildman–Crippen LogP) is 13.9. The molecular weight excluding hydrogens is 739 g/mol. The molecule has 11 aromatic rings. The van der Waals surface area contributed by atoms with Gasteiger partial charge in [-0.3, -0.25) is 4.98 Å². The SMILES string of the molecule is c1ccc(-c2ccc(-c3nc(-c4ccccc4)nc(-c4cccc(-c5cccc(-c6cccc(-c7nc8ccncc8c8c7sc7ccccc78)c6)c5)c4)n3)cc2)cc1. The molecule has 0 aliphatic heterocycles. The Labute approximate surface area is 345 Å². The van der Waals surface area contributed by atoms with E-state index in [-0.39, 0.29) is 0 Å². The standard InChI is InChI=1S/C53H33N5S/c1-3-12-34(13-4-1)35-24-26-37(27-25-35)52-56-51(36-14-5-2-6-15-36)57-53(58-52)43-21-11-19-41(32-43)39-17-9-16-38(30-39)40-18-10-20-42(31-40)49-50-48(44-22-7-8-23-47(44)59-50)45-33-54-29-28-46(45)55-49/h1-33H. The number of hydrogen-bond donors (Lipinski definition) is 0. The van der Waals surface area contributed by atoms with Gasteiger partial charge in [-0.2, -0.15) is 0 Å². The molecule has 0 radical (unpaired) electrons. The fourth-order valence-electron chi connectivity index (χ4n) is 7.88. The quantitative estimate of drug-likeness (QED) is 0.161. The number of thiophene rings is 1. The fourth-order valence-corrected chi connectivity index (χ4v) is 9.11. The molecule has 0 aliphatic carbocycles. The lowest BCUT2D eigenvalue weighted by Gasteiger charge is -2.11. The molecule has 0 spiro atoms. The van der Waals surface area contributed by atoms with Crippen molar-refractivity contribution in [2.45, 2.75) is 0 Å². The highest BCUT2D eigenvalue weighted by atomic mass is 32.1. The molecule has 0 aliphatic rings. The summed E-state index contributed by atoms with van der Waals surface area (Å²) in [5.41, 5.74) is 12.5. The normalized spacial score (nSPS) is 11.4. The number of benzene rings is 7. The average molecular weight is 772 g/mol. The van der Waals surface area contributed by atoms with Crippen LogP contribution in [0, 0.1) is 0 Å². The van der Waals surface area contributed by atoms with Crippen LogP contribution in [0.4, 0.5) is 0 Å². The molecule has 0 fully saturated rings. The van der Waals surface area contributed by atoms with E-state index in [1.54, 1.807) is 11.3 Å². The van der Waals surface area contributed by atoms with Gasteiger partial charge in [0, 0.05) is 55.5 Å². The molecule has 0 unspecified atom stereocenters. The first-order chi connectivity index (χ1) is 29.2. The van der Waals surface area contributed by atoms with Gasteiger partial charge in [0.25, 0.3) is 0 Å². The Balaban J connectivity index is 0.964. The molecule has 4 heterocycles. The molecule has 11 rings (SSSR count). The lowest BCUT2D eigenvalue weighted by molar-refractivity contribution is 1.07. The molecule has 0 atom stereocenters. The summed E-state index contributed by atoms with van der Waals surface area (Å²) >= 11 is 1.79. The van der Waals surface area contributed by atoms with Crippen LogP contribution in [0.25, 0.3) is 110 Å². The minimum absolute atomic E-state index is 0.623. The molecule has 5 nitrogen and oxygen atoms in total. The van der Waals surface area contributed by atoms with Crippen molar-refractivity contribution in [1.82, 2.24) is 24.9 Å². The van der Waals surface area contributed by atoms with Gasteiger partial charge in [0.15, 0.2) is 17.5 Å². The van der Waals surface area contributed by atoms with Crippen molar-refractivity contribution in [3.8, 4) is 78.8 Å². The Kier molecular flexibility index (Phi) is 8.60. The Morgan fingerprint density at radius 1 is 0.339 bits per heavy atom. The predicted molar refractivity (Wildman–Crippen MR) is 244 cm³/mol. The van der Waals surface area contributed by atoms with E-state index in [0.29, 0.717) is 17.5 Å². The van der Waals surface area contributed by atoms with E-state index in [1.807, 2.05) is 54.9 Å². The van der Waals surface area contributed by atoms with Crippen molar-refractivity contribution in [3.05, 3.63) is 200 Å². The fraction of sp³-hybridized carbons (Fsp3) is 0. The number of aromatic nitrogens is 5. The largest absolute Gasteiger partial charge is 0.264 e. The van der Waals surface area contributed by atoms with Gasteiger partial charge >= 0.3 is 0 Å².